The lowest BCUT2D eigenvalue weighted by Crippen LogP contribution is -2.35. The number of amides is 2. The standard InChI is InChI=1S/C19H18F3N3O3/c1-28-16-6-5-13(24-18(27)15-9-19(21,22)10-23-15)8-14(16)25-17(26)11-3-2-4-12(20)7-11/h2-8,15,23H,9-10H2,1H3,(H,24,27)(H,25,26). The molecule has 2 amide bonds. The molecule has 0 radical (unpaired) electrons. The molecule has 3 rings (SSSR count). The highest BCUT2D eigenvalue weighted by atomic mass is 19.3. The fraction of sp³-hybridized carbons (Fsp3) is 0.263. The van der Waals surface area contributed by atoms with Crippen LogP contribution in [0.1, 0.15) is 16.8 Å². The zero-order valence-electron chi connectivity index (χ0n) is 14.9. The lowest BCUT2D eigenvalue weighted by atomic mass is 10.1. The van der Waals surface area contributed by atoms with Crippen molar-refractivity contribution in [2.45, 2.75) is 18.4 Å². The molecule has 0 aliphatic carbocycles. The van der Waals surface area contributed by atoms with Crippen molar-refractivity contribution in [3.63, 3.8) is 0 Å². The van der Waals surface area contributed by atoms with E-state index in [1.165, 1.54) is 43.5 Å². The highest BCUT2D eigenvalue weighted by Gasteiger charge is 2.42. The summed E-state index contributed by atoms with van der Waals surface area (Å²) in [5.74, 6) is -4.34. The third-order valence-corrected chi connectivity index (χ3v) is 4.23. The number of nitrogens with one attached hydrogen (secondary N) is 3. The number of hydrogen-bond donors (Lipinski definition) is 3. The van der Waals surface area contributed by atoms with Gasteiger partial charge in [-0.25, -0.2) is 13.2 Å². The van der Waals surface area contributed by atoms with Gasteiger partial charge in [0.15, 0.2) is 0 Å². The molecule has 28 heavy (non-hydrogen) atoms. The first kappa shape index (κ1) is 19.7. The molecule has 0 bridgehead atoms. The van der Waals surface area contributed by atoms with Gasteiger partial charge < -0.3 is 15.4 Å². The normalized spacial score (nSPS) is 17.8. The summed E-state index contributed by atoms with van der Waals surface area (Å²) in [7, 11) is 1.40. The zero-order valence-corrected chi connectivity index (χ0v) is 14.9. The Hall–Kier alpha value is -3.07. The van der Waals surface area contributed by atoms with Crippen LogP contribution in [0.25, 0.3) is 0 Å². The maximum absolute atomic E-state index is 13.3. The van der Waals surface area contributed by atoms with Gasteiger partial charge in [0.2, 0.25) is 5.91 Å². The Morgan fingerprint density at radius 3 is 2.61 bits per heavy atom. The molecule has 1 aliphatic rings. The summed E-state index contributed by atoms with van der Waals surface area (Å²) in [6.45, 7) is -0.553. The molecule has 1 aliphatic heterocycles. The molecular formula is C19H18F3N3O3. The van der Waals surface area contributed by atoms with Gasteiger partial charge in [0.25, 0.3) is 11.8 Å². The minimum atomic E-state index is -2.92. The Morgan fingerprint density at radius 2 is 1.96 bits per heavy atom. The van der Waals surface area contributed by atoms with Crippen LogP contribution in [0.15, 0.2) is 42.5 Å². The largest absolute Gasteiger partial charge is 0.495 e. The molecule has 148 valence electrons. The maximum Gasteiger partial charge on any atom is 0.262 e. The quantitative estimate of drug-likeness (QED) is 0.730. The van der Waals surface area contributed by atoms with E-state index in [2.05, 4.69) is 16.0 Å². The fourth-order valence-corrected chi connectivity index (χ4v) is 2.84. The summed E-state index contributed by atoms with van der Waals surface area (Å²) in [5, 5.41) is 7.59. The second-order valence-electron chi connectivity index (χ2n) is 6.36. The minimum absolute atomic E-state index is 0.105. The maximum atomic E-state index is 13.3. The van der Waals surface area contributed by atoms with Crippen molar-refractivity contribution in [1.82, 2.24) is 5.32 Å². The zero-order chi connectivity index (χ0) is 20.3. The molecule has 0 saturated carbocycles. The van der Waals surface area contributed by atoms with E-state index in [0.717, 1.165) is 6.07 Å². The van der Waals surface area contributed by atoms with Gasteiger partial charge in [-0.1, -0.05) is 6.07 Å². The van der Waals surface area contributed by atoms with Gasteiger partial charge in [-0.05, 0) is 36.4 Å². The Bertz CT molecular complexity index is 905. The van der Waals surface area contributed by atoms with E-state index in [-0.39, 0.29) is 16.9 Å². The highest BCUT2D eigenvalue weighted by Crippen LogP contribution is 2.30. The van der Waals surface area contributed by atoms with Crippen molar-refractivity contribution in [2.75, 3.05) is 24.3 Å². The van der Waals surface area contributed by atoms with Crippen LogP contribution in [-0.4, -0.2) is 37.4 Å². The number of anilines is 2. The first-order chi connectivity index (χ1) is 13.3. The summed E-state index contributed by atoms with van der Waals surface area (Å²) in [4.78, 5) is 24.5. The number of rotatable bonds is 5. The van der Waals surface area contributed by atoms with Gasteiger partial charge in [-0.15, -0.1) is 0 Å². The number of hydrogen-bond acceptors (Lipinski definition) is 4. The predicted octanol–water partition coefficient (Wildman–Crippen LogP) is 3.02. The average Bonchev–Trinajstić information content (AvgIpc) is 3.02. The molecule has 9 heteroatoms. The van der Waals surface area contributed by atoms with E-state index >= 15 is 0 Å². The van der Waals surface area contributed by atoms with E-state index in [0.29, 0.717) is 5.75 Å². The van der Waals surface area contributed by atoms with Crippen molar-refractivity contribution in [2.24, 2.45) is 0 Å². The van der Waals surface area contributed by atoms with Crippen LogP contribution in [0.3, 0.4) is 0 Å². The van der Waals surface area contributed by atoms with E-state index in [9.17, 15) is 22.8 Å². The molecule has 1 fully saturated rings. The number of ether oxygens (including phenoxy) is 1. The lowest BCUT2D eigenvalue weighted by Gasteiger charge is -2.15. The molecular weight excluding hydrogens is 375 g/mol. The molecule has 6 nitrogen and oxygen atoms in total. The van der Waals surface area contributed by atoms with Crippen molar-refractivity contribution in [1.29, 1.82) is 0 Å². The van der Waals surface area contributed by atoms with E-state index < -0.39 is 42.6 Å². The van der Waals surface area contributed by atoms with Gasteiger partial charge in [0, 0.05) is 17.7 Å². The van der Waals surface area contributed by atoms with Crippen molar-refractivity contribution < 1.29 is 27.5 Å². The third kappa shape index (κ3) is 4.61. The molecule has 2 aromatic rings. The molecule has 3 N–H and O–H groups in total. The number of carbonyl (C=O) groups excluding carboxylic acids is 2. The predicted molar refractivity (Wildman–Crippen MR) is 97.3 cm³/mol. The Labute approximate surface area is 159 Å². The number of benzene rings is 2. The van der Waals surface area contributed by atoms with Crippen molar-refractivity contribution >= 4 is 23.2 Å². The monoisotopic (exact) mass is 393 g/mol. The second-order valence-corrected chi connectivity index (χ2v) is 6.36. The van der Waals surface area contributed by atoms with Crippen LogP contribution in [-0.2, 0) is 4.79 Å². The van der Waals surface area contributed by atoms with Crippen LogP contribution < -0.4 is 20.7 Å². The lowest BCUT2D eigenvalue weighted by molar-refractivity contribution is -0.118. The van der Waals surface area contributed by atoms with Crippen LogP contribution >= 0.6 is 0 Å². The highest BCUT2D eigenvalue weighted by molar-refractivity contribution is 6.05. The number of halogens is 3. The number of alkyl halides is 2. The third-order valence-electron chi connectivity index (χ3n) is 4.23. The van der Waals surface area contributed by atoms with Gasteiger partial charge >= 0.3 is 0 Å². The van der Waals surface area contributed by atoms with Gasteiger partial charge in [-0.3, -0.25) is 14.9 Å². The number of carbonyl (C=O) groups is 2. The average molecular weight is 393 g/mol. The number of methoxy groups -OCH3 is 1. The summed E-state index contributed by atoms with van der Waals surface area (Å²) < 4.78 is 45.0. The second kappa shape index (κ2) is 7.89. The van der Waals surface area contributed by atoms with E-state index in [1.54, 1.807) is 0 Å². The van der Waals surface area contributed by atoms with Crippen LogP contribution in [0.5, 0.6) is 5.75 Å². The van der Waals surface area contributed by atoms with Gasteiger partial charge in [0.05, 0.1) is 25.4 Å². The summed E-state index contributed by atoms with van der Waals surface area (Å²) >= 11 is 0. The molecule has 2 aromatic carbocycles. The minimum Gasteiger partial charge on any atom is -0.495 e. The molecule has 1 unspecified atom stereocenters. The van der Waals surface area contributed by atoms with Crippen LogP contribution in [0.4, 0.5) is 24.5 Å². The van der Waals surface area contributed by atoms with Crippen LogP contribution in [0, 0.1) is 5.82 Å². The van der Waals surface area contributed by atoms with Crippen molar-refractivity contribution in [3.8, 4) is 5.75 Å². The molecule has 0 spiro atoms. The van der Waals surface area contributed by atoms with Gasteiger partial charge in [-0.2, -0.15) is 0 Å². The van der Waals surface area contributed by atoms with Crippen molar-refractivity contribution in [3.05, 3.63) is 53.8 Å². The fourth-order valence-electron chi connectivity index (χ4n) is 2.84. The van der Waals surface area contributed by atoms with E-state index in [4.69, 9.17) is 4.74 Å². The smallest absolute Gasteiger partial charge is 0.262 e. The van der Waals surface area contributed by atoms with Gasteiger partial charge in [0.1, 0.15) is 11.6 Å². The Morgan fingerprint density at radius 1 is 1.18 bits per heavy atom. The molecule has 0 aromatic heterocycles. The Balaban J connectivity index is 1.75. The van der Waals surface area contributed by atoms with E-state index in [1.807, 2.05) is 0 Å². The first-order valence-electron chi connectivity index (χ1n) is 8.44. The summed E-state index contributed by atoms with van der Waals surface area (Å²) in [6, 6.07) is 8.59. The first-order valence-corrected chi connectivity index (χ1v) is 8.44. The van der Waals surface area contributed by atoms with Crippen LogP contribution in [0.2, 0.25) is 0 Å². The Kier molecular flexibility index (Phi) is 5.55. The topological polar surface area (TPSA) is 79.5 Å². The summed E-state index contributed by atoms with van der Waals surface area (Å²) in [5.41, 5.74) is 0.630. The summed E-state index contributed by atoms with van der Waals surface area (Å²) in [6.07, 6.45) is -0.585. The molecule has 1 heterocycles. The SMILES string of the molecule is COc1ccc(NC(=O)C2CC(F)(F)CN2)cc1NC(=O)c1cccc(F)c1. The molecule has 1 saturated heterocycles. The molecule has 1 atom stereocenters.